The molecule has 192 valence electrons. The van der Waals surface area contributed by atoms with E-state index in [1.165, 1.54) is 17.2 Å². The van der Waals surface area contributed by atoms with E-state index in [1.54, 1.807) is 43.3 Å². The monoisotopic (exact) mass is 502 g/mol. The van der Waals surface area contributed by atoms with Gasteiger partial charge in [-0.3, -0.25) is 4.68 Å². The minimum Gasteiger partial charge on any atom is -0.496 e. The Morgan fingerprint density at radius 1 is 1.05 bits per heavy atom. The second kappa shape index (κ2) is 10.2. The van der Waals surface area contributed by atoms with Crippen LogP contribution in [-0.4, -0.2) is 52.4 Å². The van der Waals surface area contributed by atoms with Gasteiger partial charge in [0.25, 0.3) is 0 Å². The van der Waals surface area contributed by atoms with Crippen LogP contribution in [-0.2, 0) is 24.1 Å². The van der Waals surface area contributed by atoms with E-state index >= 15 is 0 Å². The summed E-state index contributed by atoms with van der Waals surface area (Å²) in [6, 6.07) is 16.9. The van der Waals surface area contributed by atoms with E-state index in [0.717, 1.165) is 18.4 Å². The van der Waals surface area contributed by atoms with Gasteiger partial charge in [-0.05, 0) is 54.7 Å². The molecule has 8 nitrogen and oxygen atoms in total. The van der Waals surface area contributed by atoms with E-state index in [1.807, 2.05) is 25.1 Å². The number of aromatic nitrogens is 2. The molecule has 1 aliphatic rings. The lowest BCUT2D eigenvalue weighted by molar-refractivity contribution is -0.0835. The molecule has 0 saturated carbocycles. The Kier molecular flexibility index (Phi) is 6.86. The maximum Gasteiger partial charge on any atom is 0.337 e. The second-order valence-electron chi connectivity index (χ2n) is 9.37. The number of hydrogen-bond acceptors (Lipinski definition) is 6. The third kappa shape index (κ3) is 4.90. The number of carbonyl (C=O) groups is 1. The second-order valence-corrected chi connectivity index (χ2v) is 9.37. The highest BCUT2D eigenvalue weighted by Crippen LogP contribution is 2.35. The Morgan fingerprint density at radius 2 is 1.70 bits per heavy atom. The lowest BCUT2D eigenvalue weighted by Crippen LogP contribution is -2.32. The van der Waals surface area contributed by atoms with Crippen LogP contribution in [0.4, 0.5) is 0 Å². The first-order valence-corrected chi connectivity index (χ1v) is 12.2. The molecule has 0 radical (unpaired) electrons. The molecule has 0 spiro atoms. The quantitative estimate of drug-likeness (QED) is 0.351. The van der Waals surface area contributed by atoms with Crippen LogP contribution in [0.15, 0.2) is 60.8 Å². The lowest BCUT2D eigenvalue weighted by atomic mass is 10.0. The van der Waals surface area contributed by atoms with Gasteiger partial charge < -0.3 is 24.4 Å². The number of nitrogens with zero attached hydrogens (tertiary/aromatic N) is 2. The third-order valence-electron chi connectivity index (χ3n) is 7.03. The average molecular weight is 503 g/mol. The van der Waals surface area contributed by atoms with Gasteiger partial charge in [-0.1, -0.05) is 36.4 Å². The van der Waals surface area contributed by atoms with Gasteiger partial charge in [0.15, 0.2) is 0 Å². The highest BCUT2D eigenvalue weighted by atomic mass is 16.5. The first kappa shape index (κ1) is 24.8. The van der Waals surface area contributed by atoms with Crippen molar-refractivity contribution in [1.82, 2.24) is 9.78 Å². The standard InChI is InChI=1S/C29H30N2O6/c1-17-24(35-2)13-21(14-25(17)36-3)28(32)26(37-22-11-18-7-4-5-8-19(18)12-22)16-31-15-20-9-6-10-23(29(33)34)27(20)30-31/h4-10,13-15,22,26,28,32H,11-12,16H2,1-3H3,(H,33,34)/t26?,28-/m1/s1. The zero-order chi connectivity index (χ0) is 26.1. The number of aliphatic hydroxyl groups is 1. The summed E-state index contributed by atoms with van der Waals surface area (Å²) >= 11 is 0. The van der Waals surface area contributed by atoms with E-state index in [4.69, 9.17) is 14.2 Å². The number of hydrogen-bond donors (Lipinski definition) is 2. The molecule has 0 saturated heterocycles. The van der Waals surface area contributed by atoms with Crippen LogP contribution in [0.25, 0.3) is 10.9 Å². The molecule has 1 aliphatic carbocycles. The van der Waals surface area contributed by atoms with Crippen molar-refractivity contribution in [2.45, 2.75) is 44.6 Å². The average Bonchev–Trinajstić information content (AvgIpc) is 3.50. The molecule has 3 aromatic carbocycles. The molecular weight excluding hydrogens is 472 g/mol. The molecule has 0 aliphatic heterocycles. The smallest absolute Gasteiger partial charge is 0.337 e. The number of rotatable bonds is 9. The van der Waals surface area contributed by atoms with Crippen molar-refractivity contribution < 1.29 is 29.2 Å². The Labute approximate surface area is 215 Å². The van der Waals surface area contributed by atoms with Crippen molar-refractivity contribution in [3.8, 4) is 11.5 Å². The number of benzene rings is 3. The number of aliphatic hydroxyl groups excluding tert-OH is 1. The summed E-state index contributed by atoms with van der Waals surface area (Å²) in [5.41, 5.74) is 4.46. The first-order valence-electron chi connectivity index (χ1n) is 12.2. The number of ether oxygens (including phenoxy) is 3. The maximum atomic E-state index is 11.7. The van der Waals surface area contributed by atoms with Crippen LogP contribution in [0.3, 0.4) is 0 Å². The highest BCUT2D eigenvalue weighted by molar-refractivity contribution is 6.01. The third-order valence-corrected chi connectivity index (χ3v) is 7.03. The fraction of sp³-hybridized carbons (Fsp3) is 0.310. The van der Waals surface area contributed by atoms with E-state index in [2.05, 4.69) is 17.2 Å². The van der Waals surface area contributed by atoms with Gasteiger partial charge in [0.1, 0.15) is 29.2 Å². The van der Waals surface area contributed by atoms with Crippen LogP contribution in [0.1, 0.15) is 38.7 Å². The zero-order valence-electron chi connectivity index (χ0n) is 21.0. The van der Waals surface area contributed by atoms with Gasteiger partial charge in [0.05, 0.1) is 32.4 Å². The van der Waals surface area contributed by atoms with Crippen molar-refractivity contribution >= 4 is 16.9 Å². The molecular formula is C29H30N2O6. The normalized spacial score (nSPS) is 14.9. The summed E-state index contributed by atoms with van der Waals surface area (Å²) in [6.07, 6.45) is 1.50. The minimum absolute atomic E-state index is 0.106. The number of carboxylic acid groups (broad SMARTS) is 1. The highest BCUT2D eigenvalue weighted by Gasteiger charge is 2.31. The fourth-order valence-electron chi connectivity index (χ4n) is 5.12. The molecule has 2 atom stereocenters. The van der Waals surface area contributed by atoms with Gasteiger partial charge >= 0.3 is 5.97 Å². The molecule has 2 N–H and O–H groups in total. The SMILES string of the molecule is COc1cc([C@@H](O)C(Cn2cc3cccc(C(=O)O)c3n2)OC2Cc3ccccc3C2)cc(OC)c1C. The molecule has 0 fully saturated rings. The summed E-state index contributed by atoms with van der Waals surface area (Å²) in [5.74, 6) is 0.180. The van der Waals surface area contributed by atoms with Crippen LogP contribution < -0.4 is 9.47 Å². The van der Waals surface area contributed by atoms with E-state index < -0.39 is 18.2 Å². The van der Waals surface area contributed by atoms with Gasteiger partial charge in [0.2, 0.25) is 0 Å². The summed E-state index contributed by atoms with van der Waals surface area (Å²) < 4.78 is 19.2. The van der Waals surface area contributed by atoms with Crippen molar-refractivity contribution in [3.63, 3.8) is 0 Å². The Bertz CT molecular complexity index is 1400. The predicted molar refractivity (Wildman–Crippen MR) is 138 cm³/mol. The number of aromatic carboxylic acids is 1. The summed E-state index contributed by atoms with van der Waals surface area (Å²) in [4.78, 5) is 11.7. The number of carboxylic acids is 1. The van der Waals surface area contributed by atoms with Crippen molar-refractivity contribution in [1.29, 1.82) is 0 Å². The van der Waals surface area contributed by atoms with Gasteiger partial charge in [-0.15, -0.1) is 0 Å². The lowest BCUT2D eigenvalue weighted by Gasteiger charge is -2.27. The molecule has 4 aromatic rings. The molecule has 1 heterocycles. The zero-order valence-corrected chi connectivity index (χ0v) is 21.0. The van der Waals surface area contributed by atoms with E-state index in [-0.39, 0.29) is 18.2 Å². The van der Waals surface area contributed by atoms with Crippen LogP contribution in [0.2, 0.25) is 0 Å². The van der Waals surface area contributed by atoms with Crippen LogP contribution >= 0.6 is 0 Å². The van der Waals surface area contributed by atoms with E-state index in [0.29, 0.717) is 28.0 Å². The summed E-state index contributed by atoms with van der Waals surface area (Å²) in [5, 5.41) is 26.4. The fourth-order valence-corrected chi connectivity index (χ4v) is 5.12. The molecule has 37 heavy (non-hydrogen) atoms. The summed E-state index contributed by atoms with van der Waals surface area (Å²) in [7, 11) is 3.16. The van der Waals surface area contributed by atoms with Crippen molar-refractivity contribution in [2.24, 2.45) is 0 Å². The van der Waals surface area contributed by atoms with Gasteiger partial charge in [-0.2, -0.15) is 5.10 Å². The predicted octanol–water partition coefficient (Wildman–Crippen LogP) is 4.35. The van der Waals surface area contributed by atoms with Crippen molar-refractivity contribution in [2.75, 3.05) is 14.2 Å². The largest absolute Gasteiger partial charge is 0.496 e. The van der Waals surface area contributed by atoms with Gasteiger partial charge in [-0.25, -0.2) is 4.79 Å². The molecule has 0 bridgehead atoms. The minimum atomic E-state index is -1.04. The number of methoxy groups -OCH3 is 2. The molecule has 5 rings (SSSR count). The Balaban J connectivity index is 1.49. The maximum absolute atomic E-state index is 11.7. The molecule has 1 aromatic heterocycles. The van der Waals surface area contributed by atoms with Crippen LogP contribution in [0, 0.1) is 6.92 Å². The Hall–Kier alpha value is -3.88. The molecule has 8 heteroatoms. The summed E-state index contributed by atoms with van der Waals surface area (Å²) in [6.45, 7) is 2.12. The Morgan fingerprint density at radius 3 is 2.30 bits per heavy atom. The molecule has 0 amide bonds. The van der Waals surface area contributed by atoms with Crippen molar-refractivity contribution in [3.05, 3.63) is 88.6 Å². The van der Waals surface area contributed by atoms with E-state index in [9.17, 15) is 15.0 Å². The first-order chi connectivity index (χ1) is 17.9. The van der Waals surface area contributed by atoms with Crippen LogP contribution in [0.5, 0.6) is 11.5 Å². The topological polar surface area (TPSA) is 103 Å². The van der Waals surface area contributed by atoms with Gasteiger partial charge in [0, 0.05) is 17.1 Å². The molecule has 1 unspecified atom stereocenters. The number of fused-ring (bicyclic) bond motifs is 2.